The van der Waals surface area contributed by atoms with Crippen molar-refractivity contribution in [1.29, 1.82) is 0 Å². The van der Waals surface area contributed by atoms with E-state index in [2.05, 4.69) is 9.98 Å². The topological polar surface area (TPSA) is 229 Å². The lowest BCUT2D eigenvalue weighted by atomic mass is 9.91. The average Bonchev–Trinajstić information content (AvgIpc) is 3.42. The molecule has 1 atom stereocenters. The van der Waals surface area contributed by atoms with Crippen LogP contribution in [0, 0.1) is 0 Å². The van der Waals surface area contributed by atoms with Crippen molar-refractivity contribution in [3.63, 3.8) is 0 Å². The monoisotopic (exact) mass is 673 g/mol. The van der Waals surface area contributed by atoms with Gasteiger partial charge in [0.1, 0.15) is 19.8 Å². The highest BCUT2D eigenvalue weighted by molar-refractivity contribution is 6.12. The van der Waals surface area contributed by atoms with Crippen molar-refractivity contribution in [2.45, 2.75) is 38.2 Å². The highest BCUT2D eigenvalue weighted by Gasteiger charge is 2.60. The fraction of sp³-hybridized carbons (Fsp3) is 0.206. The second-order valence-corrected chi connectivity index (χ2v) is 10.5. The number of rotatable bonds is 14. The Bertz CT molecular complexity index is 1690. The van der Waals surface area contributed by atoms with E-state index >= 15 is 0 Å². The first-order valence-corrected chi connectivity index (χ1v) is 14.9. The standard InChI is InChI=1S/C34H35N5O10/c35-31(36)37-18-10-17-34(29(42)46-20-23-11-4-1-5-12-23,30(43)49-26-19-27(40)38-28(26)41)39(32(44)47-21-24-13-6-2-7-14-24)33(45)48-22-25-15-8-3-9-16-25/h1-9,11-16,19,38,40-41H,10,17-18,20-22H2,(H4,35,36,37)/t34-/m1/s1. The van der Waals surface area contributed by atoms with Gasteiger partial charge in [0.2, 0.25) is 5.88 Å². The van der Waals surface area contributed by atoms with E-state index in [-0.39, 0.29) is 43.6 Å². The first-order chi connectivity index (χ1) is 23.6. The Morgan fingerprint density at radius 3 is 1.61 bits per heavy atom. The number of esters is 2. The molecule has 4 rings (SSSR count). The summed E-state index contributed by atoms with van der Waals surface area (Å²) in [4.78, 5) is 62.8. The molecule has 0 aliphatic rings. The Morgan fingerprint density at radius 1 is 0.714 bits per heavy atom. The fourth-order valence-corrected chi connectivity index (χ4v) is 4.59. The number of amides is 2. The Hall–Kier alpha value is -6.51. The van der Waals surface area contributed by atoms with Gasteiger partial charge in [0, 0.05) is 12.6 Å². The van der Waals surface area contributed by atoms with Crippen molar-refractivity contribution < 1.29 is 48.3 Å². The first kappa shape index (κ1) is 35.3. The molecule has 3 aromatic carbocycles. The van der Waals surface area contributed by atoms with Crippen molar-refractivity contribution in [2.24, 2.45) is 16.5 Å². The van der Waals surface area contributed by atoms with E-state index in [1.807, 2.05) is 0 Å². The van der Waals surface area contributed by atoms with E-state index in [0.29, 0.717) is 16.7 Å². The summed E-state index contributed by atoms with van der Waals surface area (Å²) in [5.41, 5.74) is 9.55. The van der Waals surface area contributed by atoms with E-state index < -0.39 is 53.6 Å². The highest BCUT2D eigenvalue weighted by Crippen LogP contribution is 2.34. The molecular weight excluding hydrogens is 638 g/mol. The lowest BCUT2D eigenvalue weighted by Gasteiger charge is -2.36. The van der Waals surface area contributed by atoms with Crippen molar-refractivity contribution in [3.05, 3.63) is 114 Å². The van der Waals surface area contributed by atoms with Crippen molar-refractivity contribution >= 4 is 30.1 Å². The number of benzene rings is 3. The van der Waals surface area contributed by atoms with E-state index in [4.69, 9.17) is 30.4 Å². The van der Waals surface area contributed by atoms with Crippen LogP contribution in [-0.2, 0) is 43.6 Å². The summed E-state index contributed by atoms with van der Waals surface area (Å²) < 4.78 is 21.9. The predicted molar refractivity (Wildman–Crippen MR) is 174 cm³/mol. The minimum atomic E-state index is -2.95. The number of imide groups is 1. The minimum Gasteiger partial charge on any atom is -0.494 e. The number of ether oxygens (including phenoxy) is 4. The molecule has 0 spiro atoms. The lowest BCUT2D eigenvalue weighted by molar-refractivity contribution is -0.170. The molecule has 1 aromatic heterocycles. The van der Waals surface area contributed by atoms with Crippen LogP contribution in [0.1, 0.15) is 29.5 Å². The molecule has 0 saturated carbocycles. The number of nitrogens with two attached hydrogens (primary N) is 2. The van der Waals surface area contributed by atoms with Crippen molar-refractivity contribution in [3.8, 4) is 17.5 Å². The van der Waals surface area contributed by atoms with Crippen LogP contribution in [0.2, 0.25) is 0 Å². The SMILES string of the molecule is NC(N)=NCCC[C@@](C(=O)OCc1ccccc1)(C(=O)Oc1cc(O)[nH]c1O)N(C(=O)OCc1ccccc1)C(=O)OCc1ccccc1. The first-order valence-electron chi connectivity index (χ1n) is 14.9. The maximum atomic E-state index is 14.3. The average molecular weight is 674 g/mol. The maximum absolute atomic E-state index is 14.3. The van der Waals surface area contributed by atoms with Gasteiger partial charge in [-0.15, -0.1) is 0 Å². The number of aromatic hydroxyl groups is 2. The van der Waals surface area contributed by atoms with Gasteiger partial charge in [-0.2, -0.15) is 4.90 Å². The number of nitrogens with one attached hydrogen (secondary N) is 1. The Morgan fingerprint density at radius 2 is 1.18 bits per heavy atom. The summed E-state index contributed by atoms with van der Waals surface area (Å²) in [6.07, 6.45) is -3.77. The second kappa shape index (κ2) is 16.9. The van der Waals surface area contributed by atoms with Gasteiger partial charge in [0.05, 0.1) is 0 Å². The molecule has 2 amide bonds. The number of carbonyl (C=O) groups is 4. The zero-order valence-corrected chi connectivity index (χ0v) is 26.2. The Kier molecular flexibility index (Phi) is 12.2. The number of guanidine groups is 1. The minimum absolute atomic E-state index is 0.161. The molecule has 4 aromatic rings. The van der Waals surface area contributed by atoms with Gasteiger partial charge in [-0.05, 0) is 29.5 Å². The molecule has 15 heteroatoms. The third-order valence-electron chi connectivity index (χ3n) is 6.99. The van der Waals surface area contributed by atoms with Gasteiger partial charge in [0.25, 0.3) is 5.54 Å². The molecule has 15 nitrogen and oxygen atoms in total. The molecule has 0 unspecified atom stereocenters. The zero-order chi connectivity index (χ0) is 35.2. The van der Waals surface area contributed by atoms with E-state index in [1.54, 1.807) is 91.0 Å². The van der Waals surface area contributed by atoms with Gasteiger partial charge in [-0.1, -0.05) is 91.0 Å². The quantitative estimate of drug-likeness (QED) is 0.0321. The fourth-order valence-electron chi connectivity index (χ4n) is 4.59. The number of H-pyrrole nitrogens is 1. The number of hydrogen-bond donors (Lipinski definition) is 5. The number of aromatic amines is 1. The summed E-state index contributed by atoms with van der Waals surface area (Å²) in [7, 11) is 0. The summed E-state index contributed by atoms with van der Waals surface area (Å²) in [5, 5.41) is 20.1. The third kappa shape index (κ3) is 9.51. The number of aromatic nitrogens is 1. The number of hydrogen-bond acceptors (Lipinski definition) is 11. The van der Waals surface area contributed by atoms with Crippen LogP contribution in [-0.4, -0.2) is 62.3 Å². The van der Waals surface area contributed by atoms with E-state index in [1.165, 1.54) is 0 Å². The molecule has 0 saturated heterocycles. The molecule has 0 radical (unpaired) electrons. The summed E-state index contributed by atoms with van der Waals surface area (Å²) in [6.45, 7) is -1.28. The van der Waals surface area contributed by atoms with E-state index in [9.17, 15) is 29.4 Å². The lowest BCUT2D eigenvalue weighted by Crippen LogP contribution is -2.66. The molecule has 0 aliphatic carbocycles. The van der Waals surface area contributed by atoms with E-state index in [0.717, 1.165) is 6.07 Å². The molecule has 0 aliphatic heterocycles. The van der Waals surface area contributed by atoms with Crippen molar-refractivity contribution in [2.75, 3.05) is 6.54 Å². The number of aliphatic imine (C=N–C) groups is 1. The molecule has 256 valence electrons. The van der Waals surface area contributed by atoms with Gasteiger partial charge in [-0.3, -0.25) is 9.98 Å². The summed E-state index contributed by atoms with van der Waals surface area (Å²) >= 11 is 0. The van der Waals surface area contributed by atoms with Crippen LogP contribution in [0.3, 0.4) is 0 Å². The molecular formula is C34H35N5O10. The maximum Gasteiger partial charge on any atom is 0.421 e. The molecule has 1 heterocycles. The van der Waals surface area contributed by atoms with Gasteiger partial charge >= 0.3 is 24.1 Å². The van der Waals surface area contributed by atoms with Gasteiger partial charge in [-0.25, -0.2) is 19.2 Å². The van der Waals surface area contributed by atoms with Crippen LogP contribution in [0.4, 0.5) is 9.59 Å². The van der Waals surface area contributed by atoms with Crippen molar-refractivity contribution in [1.82, 2.24) is 9.88 Å². The summed E-state index contributed by atoms with van der Waals surface area (Å²) in [5.74, 6) is -5.26. The van der Waals surface area contributed by atoms with Crippen LogP contribution in [0.25, 0.3) is 0 Å². The number of carbonyl (C=O) groups excluding carboxylic acids is 4. The smallest absolute Gasteiger partial charge is 0.421 e. The molecule has 7 N–H and O–H groups in total. The predicted octanol–water partition coefficient (Wildman–Crippen LogP) is 3.84. The summed E-state index contributed by atoms with van der Waals surface area (Å²) in [6, 6.07) is 26.1. The zero-order valence-electron chi connectivity index (χ0n) is 26.2. The van der Waals surface area contributed by atoms with Crippen LogP contribution >= 0.6 is 0 Å². The number of nitrogens with zero attached hydrogens (tertiary/aromatic N) is 2. The van der Waals surface area contributed by atoms with Gasteiger partial charge < -0.3 is 40.6 Å². The third-order valence-corrected chi connectivity index (χ3v) is 6.99. The second-order valence-electron chi connectivity index (χ2n) is 10.5. The molecule has 0 bridgehead atoms. The van der Waals surface area contributed by atoms with Crippen LogP contribution < -0.4 is 16.2 Å². The molecule has 49 heavy (non-hydrogen) atoms. The normalized spacial score (nSPS) is 11.8. The highest BCUT2D eigenvalue weighted by atomic mass is 16.6. The van der Waals surface area contributed by atoms with Crippen LogP contribution in [0.15, 0.2) is 102 Å². The molecule has 0 fully saturated rings. The Labute approximate surface area is 280 Å². The Balaban J connectivity index is 1.82. The van der Waals surface area contributed by atoms with Gasteiger partial charge in [0.15, 0.2) is 17.6 Å². The largest absolute Gasteiger partial charge is 0.494 e. The van der Waals surface area contributed by atoms with Crippen LogP contribution in [0.5, 0.6) is 17.5 Å².